The van der Waals surface area contributed by atoms with Gasteiger partial charge in [0, 0.05) is 17.8 Å². The second-order valence-corrected chi connectivity index (χ2v) is 4.52. The molecule has 0 aliphatic heterocycles. The maximum Gasteiger partial charge on any atom is 0.0213 e. The van der Waals surface area contributed by atoms with Crippen LogP contribution in [0.4, 0.5) is 0 Å². The molecule has 2 rings (SSSR count). The lowest BCUT2D eigenvalue weighted by molar-refractivity contribution is 0.334. The standard InChI is InChI=1S/C13H21N/c1-3-5-10-6-7-11-8-9-14-13(11)12(10)4-2/h8-10,12,14H,3-7H2,1-2H3. The van der Waals surface area contributed by atoms with Crippen LogP contribution in [0.3, 0.4) is 0 Å². The van der Waals surface area contributed by atoms with Crippen LogP contribution in [0.1, 0.15) is 56.7 Å². The number of hydrogen-bond donors (Lipinski definition) is 1. The first kappa shape index (κ1) is 9.82. The third-order valence-electron chi connectivity index (χ3n) is 3.69. The van der Waals surface area contributed by atoms with Crippen LogP contribution in [0, 0.1) is 5.92 Å². The lowest BCUT2D eigenvalue weighted by Gasteiger charge is -2.30. The van der Waals surface area contributed by atoms with Crippen molar-refractivity contribution in [2.24, 2.45) is 5.92 Å². The largest absolute Gasteiger partial charge is 0.365 e. The summed E-state index contributed by atoms with van der Waals surface area (Å²) < 4.78 is 0. The van der Waals surface area contributed by atoms with Gasteiger partial charge in [0.1, 0.15) is 0 Å². The molecule has 1 aromatic heterocycles. The van der Waals surface area contributed by atoms with Crippen LogP contribution in [-0.2, 0) is 6.42 Å². The van der Waals surface area contributed by atoms with Gasteiger partial charge in [-0.3, -0.25) is 0 Å². The number of nitrogens with one attached hydrogen (secondary N) is 1. The van der Waals surface area contributed by atoms with Crippen molar-refractivity contribution in [1.82, 2.24) is 4.98 Å². The van der Waals surface area contributed by atoms with Gasteiger partial charge in [0.2, 0.25) is 0 Å². The Morgan fingerprint density at radius 2 is 2.29 bits per heavy atom. The Morgan fingerprint density at radius 3 is 3.00 bits per heavy atom. The van der Waals surface area contributed by atoms with E-state index in [0.717, 1.165) is 11.8 Å². The van der Waals surface area contributed by atoms with E-state index in [0.29, 0.717) is 0 Å². The minimum atomic E-state index is 0.800. The molecule has 0 saturated heterocycles. The molecule has 14 heavy (non-hydrogen) atoms. The molecule has 0 saturated carbocycles. The van der Waals surface area contributed by atoms with E-state index in [-0.39, 0.29) is 0 Å². The van der Waals surface area contributed by atoms with E-state index in [1.807, 2.05) is 0 Å². The molecule has 1 N–H and O–H groups in total. The molecule has 0 aromatic carbocycles. The van der Waals surface area contributed by atoms with E-state index in [2.05, 4.69) is 31.1 Å². The molecule has 1 aliphatic carbocycles. The number of aromatic nitrogens is 1. The van der Waals surface area contributed by atoms with E-state index in [1.165, 1.54) is 37.8 Å². The van der Waals surface area contributed by atoms with Crippen molar-refractivity contribution in [1.29, 1.82) is 0 Å². The number of aryl methyl sites for hydroxylation is 1. The predicted octanol–water partition coefficient (Wildman–Crippen LogP) is 3.87. The van der Waals surface area contributed by atoms with Crippen LogP contribution in [0.25, 0.3) is 0 Å². The van der Waals surface area contributed by atoms with Crippen LogP contribution in [0.5, 0.6) is 0 Å². The van der Waals surface area contributed by atoms with Crippen LogP contribution in [0.15, 0.2) is 12.3 Å². The fourth-order valence-corrected chi connectivity index (χ4v) is 3.01. The predicted molar refractivity (Wildman–Crippen MR) is 60.5 cm³/mol. The molecule has 0 bridgehead atoms. The third kappa shape index (κ3) is 1.60. The number of aromatic amines is 1. The molecule has 0 radical (unpaired) electrons. The average Bonchev–Trinajstić information content (AvgIpc) is 2.66. The maximum atomic E-state index is 3.45. The molecule has 1 heterocycles. The van der Waals surface area contributed by atoms with Crippen LogP contribution >= 0.6 is 0 Å². The molecule has 0 fully saturated rings. The van der Waals surface area contributed by atoms with E-state index in [1.54, 1.807) is 5.56 Å². The van der Waals surface area contributed by atoms with Gasteiger partial charge in [0.25, 0.3) is 0 Å². The second kappa shape index (κ2) is 4.20. The molecular formula is C13H21N. The quantitative estimate of drug-likeness (QED) is 0.746. The van der Waals surface area contributed by atoms with Crippen molar-refractivity contribution in [3.8, 4) is 0 Å². The number of H-pyrrole nitrogens is 1. The minimum absolute atomic E-state index is 0.800. The van der Waals surface area contributed by atoms with Gasteiger partial charge >= 0.3 is 0 Å². The van der Waals surface area contributed by atoms with Gasteiger partial charge in [-0.1, -0.05) is 26.7 Å². The maximum absolute atomic E-state index is 3.45. The Hall–Kier alpha value is -0.720. The molecule has 2 unspecified atom stereocenters. The highest BCUT2D eigenvalue weighted by molar-refractivity contribution is 5.27. The van der Waals surface area contributed by atoms with Gasteiger partial charge in [0.15, 0.2) is 0 Å². The minimum Gasteiger partial charge on any atom is -0.365 e. The molecular weight excluding hydrogens is 170 g/mol. The molecule has 2 atom stereocenters. The molecule has 1 aliphatic rings. The Balaban J connectivity index is 2.20. The average molecular weight is 191 g/mol. The first-order valence-corrected chi connectivity index (χ1v) is 6.03. The van der Waals surface area contributed by atoms with Crippen LogP contribution in [-0.4, -0.2) is 4.98 Å². The summed E-state index contributed by atoms with van der Waals surface area (Å²) in [6.45, 7) is 4.63. The van der Waals surface area contributed by atoms with Gasteiger partial charge < -0.3 is 4.98 Å². The van der Waals surface area contributed by atoms with Gasteiger partial charge in [-0.15, -0.1) is 0 Å². The summed E-state index contributed by atoms with van der Waals surface area (Å²) >= 11 is 0. The van der Waals surface area contributed by atoms with Crippen molar-refractivity contribution in [3.05, 3.63) is 23.5 Å². The Labute approximate surface area is 86.9 Å². The van der Waals surface area contributed by atoms with E-state index in [4.69, 9.17) is 0 Å². The first-order valence-electron chi connectivity index (χ1n) is 6.03. The van der Waals surface area contributed by atoms with E-state index in [9.17, 15) is 0 Å². The van der Waals surface area contributed by atoms with Crippen molar-refractivity contribution in [2.75, 3.05) is 0 Å². The zero-order chi connectivity index (χ0) is 9.97. The number of fused-ring (bicyclic) bond motifs is 1. The summed E-state index contributed by atoms with van der Waals surface area (Å²) in [5.41, 5.74) is 3.11. The second-order valence-electron chi connectivity index (χ2n) is 4.52. The van der Waals surface area contributed by atoms with Crippen molar-refractivity contribution in [3.63, 3.8) is 0 Å². The molecule has 1 nitrogen and oxygen atoms in total. The van der Waals surface area contributed by atoms with Gasteiger partial charge in [-0.25, -0.2) is 0 Å². The van der Waals surface area contributed by atoms with Gasteiger partial charge in [0.05, 0.1) is 0 Å². The molecule has 1 heteroatoms. The van der Waals surface area contributed by atoms with E-state index >= 15 is 0 Å². The Bertz CT molecular complexity index is 287. The van der Waals surface area contributed by atoms with Crippen LogP contribution in [0.2, 0.25) is 0 Å². The number of hydrogen-bond acceptors (Lipinski definition) is 0. The summed E-state index contributed by atoms with van der Waals surface area (Å²) in [5, 5.41) is 0. The molecule has 0 spiro atoms. The fourth-order valence-electron chi connectivity index (χ4n) is 3.01. The summed E-state index contributed by atoms with van der Waals surface area (Å²) in [6.07, 6.45) is 8.82. The Kier molecular flexibility index (Phi) is 2.95. The van der Waals surface area contributed by atoms with Crippen molar-refractivity contribution >= 4 is 0 Å². The normalized spacial score (nSPS) is 26.1. The molecule has 78 valence electrons. The summed E-state index contributed by atoms with van der Waals surface area (Å²) in [7, 11) is 0. The van der Waals surface area contributed by atoms with Crippen molar-refractivity contribution in [2.45, 2.75) is 51.9 Å². The molecule has 0 amide bonds. The summed E-state index contributed by atoms with van der Waals surface area (Å²) in [5.74, 6) is 1.73. The highest BCUT2D eigenvalue weighted by atomic mass is 14.7. The summed E-state index contributed by atoms with van der Waals surface area (Å²) in [6, 6.07) is 2.26. The van der Waals surface area contributed by atoms with Gasteiger partial charge in [-0.05, 0) is 36.8 Å². The third-order valence-corrected chi connectivity index (χ3v) is 3.69. The Morgan fingerprint density at radius 1 is 1.43 bits per heavy atom. The lowest BCUT2D eigenvalue weighted by Crippen LogP contribution is -2.19. The fraction of sp³-hybridized carbons (Fsp3) is 0.692. The SMILES string of the molecule is CCCC1CCc2cc[nH]c2C1CC. The van der Waals surface area contributed by atoms with E-state index < -0.39 is 0 Å². The summed E-state index contributed by atoms with van der Waals surface area (Å²) in [4.78, 5) is 3.45. The zero-order valence-electron chi connectivity index (χ0n) is 9.34. The number of rotatable bonds is 3. The van der Waals surface area contributed by atoms with Crippen LogP contribution < -0.4 is 0 Å². The molecule has 1 aromatic rings. The zero-order valence-corrected chi connectivity index (χ0v) is 9.34. The van der Waals surface area contributed by atoms with Crippen molar-refractivity contribution < 1.29 is 0 Å². The first-order chi connectivity index (χ1) is 6.86. The highest BCUT2D eigenvalue weighted by Crippen LogP contribution is 2.39. The van der Waals surface area contributed by atoms with Gasteiger partial charge in [-0.2, -0.15) is 0 Å². The monoisotopic (exact) mass is 191 g/mol. The lowest BCUT2D eigenvalue weighted by atomic mass is 9.75. The smallest absolute Gasteiger partial charge is 0.0213 e. The topological polar surface area (TPSA) is 15.8 Å². The highest BCUT2D eigenvalue weighted by Gasteiger charge is 2.28.